The molecule has 0 spiro atoms. The maximum Gasteiger partial charge on any atom is 0.266 e. The van der Waals surface area contributed by atoms with E-state index in [4.69, 9.17) is 26.8 Å². The van der Waals surface area contributed by atoms with Crippen molar-refractivity contribution in [2.45, 2.75) is 0 Å². The first-order chi connectivity index (χ1) is 10.1. The lowest BCUT2D eigenvalue weighted by Gasteiger charge is -2.12. The molecule has 1 aliphatic heterocycles. The third kappa shape index (κ3) is 3.20. The van der Waals surface area contributed by atoms with Crippen LogP contribution in [0.15, 0.2) is 23.1 Å². The van der Waals surface area contributed by atoms with Gasteiger partial charge in [-0.2, -0.15) is 0 Å². The van der Waals surface area contributed by atoms with E-state index in [0.29, 0.717) is 20.7 Å². The van der Waals surface area contributed by atoms with Gasteiger partial charge in [0.05, 0.1) is 32.3 Å². The van der Waals surface area contributed by atoms with Crippen LogP contribution in [0.5, 0.6) is 11.5 Å². The molecular weight excluding hydrogens is 310 g/mol. The molecule has 1 fully saturated rings. The van der Waals surface area contributed by atoms with Gasteiger partial charge in [0, 0.05) is 5.56 Å². The van der Waals surface area contributed by atoms with Gasteiger partial charge in [-0.05, 0) is 12.1 Å². The molecule has 0 radical (unpaired) electrons. The minimum absolute atomic E-state index is 0.123. The van der Waals surface area contributed by atoms with Crippen molar-refractivity contribution in [3.63, 3.8) is 0 Å². The van der Waals surface area contributed by atoms with E-state index in [1.807, 2.05) is 12.1 Å². The smallest absolute Gasteiger partial charge is 0.266 e. The molecule has 1 aromatic rings. The molecule has 112 valence electrons. The summed E-state index contributed by atoms with van der Waals surface area (Å²) in [4.78, 5) is 14.1. The number of amides is 1. The minimum atomic E-state index is -0.205. The molecule has 0 bridgehead atoms. The number of rotatable bonds is 5. The topological polar surface area (TPSA) is 59.0 Å². The van der Waals surface area contributed by atoms with Crippen LogP contribution in [0.1, 0.15) is 5.56 Å². The Hall–Kier alpha value is -1.57. The van der Waals surface area contributed by atoms with E-state index in [9.17, 15) is 4.79 Å². The van der Waals surface area contributed by atoms with Gasteiger partial charge in [0.2, 0.25) is 0 Å². The standard InChI is InChI=1S/C14H15NO4S2/c1-18-10-5-3-4-9(12(10)19-2)8-11-13(17)15(6-7-16)14(20)21-11/h3-5,8,16H,6-7H2,1-2H3/b11-8-. The largest absolute Gasteiger partial charge is 0.493 e. The predicted octanol–water partition coefficient (Wildman–Crippen LogP) is 1.90. The van der Waals surface area contributed by atoms with Crippen LogP contribution in [0.3, 0.4) is 0 Å². The van der Waals surface area contributed by atoms with E-state index in [1.165, 1.54) is 16.7 Å². The second-order valence-electron chi connectivity index (χ2n) is 4.14. The number of nitrogens with zero attached hydrogens (tertiary/aromatic N) is 1. The van der Waals surface area contributed by atoms with Crippen LogP contribution in [-0.4, -0.2) is 47.6 Å². The van der Waals surface area contributed by atoms with Crippen molar-refractivity contribution >= 4 is 40.3 Å². The normalized spacial score (nSPS) is 16.7. The van der Waals surface area contributed by atoms with Crippen LogP contribution in [0, 0.1) is 0 Å². The number of carbonyl (C=O) groups is 1. The molecular formula is C14H15NO4S2. The van der Waals surface area contributed by atoms with Gasteiger partial charge in [0.15, 0.2) is 11.5 Å². The summed E-state index contributed by atoms with van der Waals surface area (Å²) >= 11 is 6.36. The molecule has 0 aromatic heterocycles. The molecule has 0 atom stereocenters. The van der Waals surface area contributed by atoms with E-state index >= 15 is 0 Å². The SMILES string of the molecule is COc1cccc(/C=C2\SC(=S)N(CCO)C2=O)c1OC. The fraction of sp³-hybridized carbons (Fsp3) is 0.286. The number of hydrogen-bond donors (Lipinski definition) is 1. The van der Waals surface area contributed by atoms with Gasteiger partial charge in [-0.3, -0.25) is 9.69 Å². The second-order valence-corrected chi connectivity index (χ2v) is 5.82. The average molecular weight is 325 g/mol. The number of β-amino-alcohol motifs (C(OH)–C–C–N with tert-alkyl or cyclic N) is 1. The highest BCUT2D eigenvalue weighted by Gasteiger charge is 2.31. The summed E-state index contributed by atoms with van der Waals surface area (Å²) in [6.07, 6.45) is 1.72. The Balaban J connectivity index is 2.37. The third-order valence-corrected chi connectivity index (χ3v) is 4.29. The van der Waals surface area contributed by atoms with Crippen molar-refractivity contribution in [3.8, 4) is 11.5 Å². The van der Waals surface area contributed by atoms with Gasteiger partial charge < -0.3 is 14.6 Å². The Morgan fingerprint density at radius 2 is 2.14 bits per heavy atom. The number of hydrogen-bond acceptors (Lipinski definition) is 6. The van der Waals surface area contributed by atoms with Crippen LogP contribution in [0.2, 0.25) is 0 Å². The molecule has 5 nitrogen and oxygen atoms in total. The lowest BCUT2D eigenvalue weighted by Crippen LogP contribution is -2.30. The Morgan fingerprint density at radius 1 is 1.38 bits per heavy atom. The van der Waals surface area contributed by atoms with Gasteiger partial charge >= 0.3 is 0 Å². The number of aliphatic hydroxyl groups excluding tert-OH is 1. The number of methoxy groups -OCH3 is 2. The average Bonchev–Trinajstić information content (AvgIpc) is 2.75. The zero-order valence-corrected chi connectivity index (χ0v) is 13.3. The number of benzene rings is 1. The first-order valence-electron chi connectivity index (χ1n) is 6.19. The minimum Gasteiger partial charge on any atom is -0.493 e. The van der Waals surface area contributed by atoms with E-state index in [2.05, 4.69) is 0 Å². The molecule has 1 N–H and O–H groups in total. The molecule has 0 unspecified atom stereocenters. The van der Waals surface area contributed by atoms with E-state index in [-0.39, 0.29) is 19.1 Å². The fourth-order valence-electron chi connectivity index (χ4n) is 1.96. The number of ether oxygens (including phenoxy) is 2. The van der Waals surface area contributed by atoms with Gasteiger partial charge in [-0.25, -0.2) is 0 Å². The fourth-order valence-corrected chi connectivity index (χ4v) is 3.26. The summed E-state index contributed by atoms with van der Waals surface area (Å²) in [5.41, 5.74) is 0.737. The third-order valence-electron chi connectivity index (χ3n) is 2.92. The molecule has 21 heavy (non-hydrogen) atoms. The van der Waals surface area contributed by atoms with E-state index < -0.39 is 0 Å². The highest BCUT2D eigenvalue weighted by atomic mass is 32.2. The highest BCUT2D eigenvalue weighted by Crippen LogP contribution is 2.37. The van der Waals surface area contributed by atoms with Crippen molar-refractivity contribution < 1.29 is 19.4 Å². The lowest BCUT2D eigenvalue weighted by molar-refractivity contribution is -0.122. The van der Waals surface area contributed by atoms with E-state index in [1.54, 1.807) is 26.4 Å². The van der Waals surface area contributed by atoms with Crippen LogP contribution in [0.4, 0.5) is 0 Å². The first kappa shape index (κ1) is 15.8. The Bertz CT molecular complexity index is 601. The molecule has 1 amide bonds. The number of thioether (sulfide) groups is 1. The molecule has 1 aromatic carbocycles. The van der Waals surface area contributed by atoms with Crippen molar-refractivity contribution in [2.75, 3.05) is 27.4 Å². The quantitative estimate of drug-likeness (QED) is 0.659. The number of para-hydroxylation sites is 1. The zero-order valence-electron chi connectivity index (χ0n) is 11.7. The molecule has 7 heteroatoms. The Labute approximate surface area is 132 Å². The maximum absolute atomic E-state index is 12.2. The summed E-state index contributed by atoms with van der Waals surface area (Å²) in [5.74, 6) is 0.952. The summed E-state index contributed by atoms with van der Waals surface area (Å²) in [5, 5.41) is 8.97. The second kappa shape index (κ2) is 6.93. The van der Waals surface area contributed by atoms with Gasteiger partial charge in [-0.15, -0.1) is 0 Å². The van der Waals surface area contributed by atoms with Crippen LogP contribution < -0.4 is 9.47 Å². The van der Waals surface area contributed by atoms with Crippen LogP contribution >= 0.6 is 24.0 Å². The van der Waals surface area contributed by atoms with Gasteiger partial charge in [-0.1, -0.05) is 36.1 Å². The van der Waals surface area contributed by atoms with Crippen molar-refractivity contribution in [2.24, 2.45) is 0 Å². The monoisotopic (exact) mass is 325 g/mol. The van der Waals surface area contributed by atoms with Gasteiger partial charge in [0.25, 0.3) is 5.91 Å². The van der Waals surface area contributed by atoms with Gasteiger partial charge in [0.1, 0.15) is 4.32 Å². The zero-order chi connectivity index (χ0) is 15.4. The lowest BCUT2D eigenvalue weighted by atomic mass is 10.1. The summed E-state index contributed by atoms with van der Waals surface area (Å²) < 4.78 is 11.0. The Morgan fingerprint density at radius 3 is 2.76 bits per heavy atom. The van der Waals surface area contributed by atoms with Crippen molar-refractivity contribution in [3.05, 3.63) is 28.7 Å². The van der Waals surface area contributed by atoms with Crippen molar-refractivity contribution in [1.82, 2.24) is 4.90 Å². The molecule has 1 saturated heterocycles. The molecule has 1 aliphatic rings. The van der Waals surface area contributed by atoms with E-state index in [0.717, 1.165) is 5.56 Å². The molecule has 2 rings (SSSR count). The predicted molar refractivity (Wildman–Crippen MR) is 86.5 cm³/mol. The van der Waals surface area contributed by atoms with Crippen molar-refractivity contribution in [1.29, 1.82) is 0 Å². The first-order valence-corrected chi connectivity index (χ1v) is 7.42. The number of carbonyl (C=O) groups excluding carboxylic acids is 1. The molecule has 1 heterocycles. The maximum atomic E-state index is 12.2. The number of aliphatic hydroxyl groups is 1. The summed E-state index contributed by atoms with van der Waals surface area (Å²) in [7, 11) is 3.11. The summed E-state index contributed by atoms with van der Waals surface area (Å²) in [6.45, 7) is 0.0828. The highest BCUT2D eigenvalue weighted by molar-refractivity contribution is 8.26. The molecule has 0 aliphatic carbocycles. The summed E-state index contributed by atoms with van der Waals surface area (Å²) in [6, 6.07) is 5.44. The Kier molecular flexibility index (Phi) is 5.22. The van der Waals surface area contributed by atoms with Crippen LogP contribution in [-0.2, 0) is 4.79 Å². The van der Waals surface area contributed by atoms with Crippen LogP contribution in [0.25, 0.3) is 6.08 Å². The molecule has 0 saturated carbocycles. The number of thiocarbonyl (C=S) groups is 1.